The van der Waals surface area contributed by atoms with E-state index in [4.69, 9.17) is 0 Å². The predicted molar refractivity (Wildman–Crippen MR) is 105 cm³/mol. The largest absolute Gasteiger partial charge is 0.348 e. The van der Waals surface area contributed by atoms with Gasteiger partial charge in [0.15, 0.2) is 0 Å². The second kappa shape index (κ2) is 8.30. The number of nitrogens with zero attached hydrogens (tertiary/aromatic N) is 2. The van der Waals surface area contributed by atoms with Crippen molar-refractivity contribution in [3.8, 4) is 0 Å². The number of carbonyl (C=O) groups is 1. The number of benzene rings is 1. The Hall–Kier alpha value is -2.43. The Labute approximate surface area is 155 Å². The van der Waals surface area contributed by atoms with Crippen molar-refractivity contribution in [2.75, 3.05) is 5.32 Å². The van der Waals surface area contributed by atoms with Gasteiger partial charge in [-0.2, -0.15) is 0 Å². The number of hydrogen-bond acceptors (Lipinski definition) is 4. The van der Waals surface area contributed by atoms with E-state index < -0.39 is 0 Å². The van der Waals surface area contributed by atoms with E-state index in [2.05, 4.69) is 46.6 Å². The van der Waals surface area contributed by atoms with Crippen LogP contribution in [0.2, 0.25) is 0 Å². The first-order valence-electron chi connectivity index (χ1n) is 9.55. The van der Waals surface area contributed by atoms with Crippen molar-refractivity contribution in [2.45, 2.75) is 64.8 Å². The van der Waals surface area contributed by atoms with Crippen LogP contribution >= 0.6 is 0 Å². The molecule has 0 atom stereocenters. The highest BCUT2D eigenvalue weighted by atomic mass is 16.1. The molecule has 26 heavy (non-hydrogen) atoms. The van der Waals surface area contributed by atoms with Crippen molar-refractivity contribution in [3.63, 3.8) is 0 Å². The monoisotopic (exact) mass is 352 g/mol. The molecule has 1 aromatic carbocycles. The van der Waals surface area contributed by atoms with Crippen LogP contribution in [0, 0.1) is 6.92 Å². The molecule has 138 valence electrons. The highest BCUT2D eigenvalue weighted by Gasteiger charge is 2.18. The summed E-state index contributed by atoms with van der Waals surface area (Å²) in [6.07, 6.45) is 5.76. The molecule has 0 radical (unpaired) electrons. The minimum Gasteiger partial charge on any atom is -0.348 e. The molecule has 1 fully saturated rings. The third-order valence-electron chi connectivity index (χ3n) is 4.86. The summed E-state index contributed by atoms with van der Waals surface area (Å²) in [5.74, 6) is 0.839. The first kappa shape index (κ1) is 18.4. The summed E-state index contributed by atoms with van der Waals surface area (Å²) in [5, 5.41) is 6.32. The van der Waals surface area contributed by atoms with Crippen LogP contribution in [0.15, 0.2) is 30.3 Å². The van der Waals surface area contributed by atoms with Gasteiger partial charge in [0, 0.05) is 17.4 Å². The van der Waals surface area contributed by atoms with E-state index in [9.17, 15) is 4.79 Å². The summed E-state index contributed by atoms with van der Waals surface area (Å²) in [4.78, 5) is 21.4. The molecule has 1 heterocycles. The average Bonchev–Trinajstić information content (AvgIpc) is 2.62. The molecular weight excluding hydrogens is 324 g/mol. The van der Waals surface area contributed by atoms with Gasteiger partial charge in [0.05, 0.1) is 0 Å². The lowest BCUT2D eigenvalue weighted by molar-refractivity contribution is 0.0922. The molecule has 1 aliphatic rings. The Morgan fingerprint density at radius 1 is 1.08 bits per heavy atom. The Morgan fingerprint density at radius 3 is 2.42 bits per heavy atom. The van der Waals surface area contributed by atoms with Crippen LogP contribution in [-0.4, -0.2) is 21.9 Å². The van der Waals surface area contributed by atoms with Gasteiger partial charge in [0.1, 0.15) is 5.69 Å². The molecule has 0 aliphatic heterocycles. The smallest absolute Gasteiger partial charge is 0.270 e. The Bertz CT molecular complexity index is 749. The summed E-state index contributed by atoms with van der Waals surface area (Å²) >= 11 is 0. The minimum absolute atomic E-state index is 0.111. The number of amides is 1. The predicted octanol–water partition coefficient (Wildman–Crippen LogP) is 4.71. The highest BCUT2D eigenvalue weighted by molar-refractivity contribution is 5.92. The van der Waals surface area contributed by atoms with Crippen molar-refractivity contribution in [1.82, 2.24) is 15.3 Å². The molecule has 2 aromatic rings. The molecule has 0 spiro atoms. The number of aromatic nitrogens is 2. The van der Waals surface area contributed by atoms with Crippen LogP contribution in [-0.2, 0) is 0 Å². The lowest BCUT2D eigenvalue weighted by atomic mass is 9.95. The van der Waals surface area contributed by atoms with Crippen molar-refractivity contribution in [2.24, 2.45) is 0 Å². The van der Waals surface area contributed by atoms with E-state index in [1.165, 1.54) is 24.8 Å². The number of rotatable bonds is 5. The normalized spacial score (nSPS) is 15.1. The summed E-state index contributed by atoms with van der Waals surface area (Å²) in [6.45, 7) is 6.22. The van der Waals surface area contributed by atoms with E-state index in [1.54, 1.807) is 6.07 Å². The van der Waals surface area contributed by atoms with Crippen LogP contribution in [0.4, 0.5) is 11.6 Å². The lowest BCUT2D eigenvalue weighted by Crippen LogP contribution is -2.36. The van der Waals surface area contributed by atoms with Crippen molar-refractivity contribution in [1.29, 1.82) is 0 Å². The maximum absolute atomic E-state index is 12.6. The van der Waals surface area contributed by atoms with Crippen LogP contribution < -0.4 is 10.6 Å². The summed E-state index contributed by atoms with van der Waals surface area (Å²) in [5.41, 5.74) is 3.39. The standard InChI is InChI=1S/C21H28N4O/c1-14(2)16-9-11-18(12-10-16)24-21-22-15(3)13-19(25-21)20(26)23-17-7-5-4-6-8-17/h9-14,17H,4-8H2,1-3H3,(H,23,26)(H,22,24,25). The number of carbonyl (C=O) groups excluding carboxylic acids is 1. The fraction of sp³-hybridized carbons (Fsp3) is 0.476. The molecule has 2 N–H and O–H groups in total. The van der Waals surface area contributed by atoms with Crippen molar-refractivity contribution in [3.05, 3.63) is 47.3 Å². The van der Waals surface area contributed by atoms with E-state index in [0.29, 0.717) is 17.6 Å². The van der Waals surface area contributed by atoms with Gasteiger partial charge in [-0.25, -0.2) is 9.97 Å². The maximum atomic E-state index is 12.6. The number of anilines is 2. The highest BCUT2D eigenvalue weighted by Crippen LogP contribution is 2.20. The zero-order valence-electron chi connectivity index (χ0n) is 15.9. The van der Waals surface area contributed by atoms with E-state index in [0.717, 1.165) is 24.2 Å². The number of hydrogen-bond donors (Lipinski definition) is 2. The molecule has 1 aliphatic carbocycles. The van der Waals surface area contributed by atoms with Gasteiger partial charge in [-0.05, 0) is 49.4 Å². The molecule has 1 saturated carbocycles. The maximum Gasteiger partial charge on any atom is 0.270 e. The molecule has 5 heteroatoms. The summed E-state index contributed by atoms with van der Waals surface area (Å²) in [6, 6.07) is 10.2. The fourth-order valence-corrected chi connectivity index (χ4v) is 3.33. The van der Waals surface area contributed by atoms with Gasteiger partial charge < -0.3 is 10.6 Å². The van der Waals surface area contributed by atoms with Gasteiger partial charge in [-0.15, -0.1) is 0 Å². The molecule has 0 saturated heterocycles. The Kier molecular flexibility index (Phi) is 5.86. The number of nitrogens with one attached hydrogen (secondary N) is 2. The first-order chi connectivity index (χ1) is 12.5. The molecule has 0 unspecified atom stereocenters. The first-order valence-corrected chi connectivity index (χ1v) is 9.55. The zero-order chi connectivity index (χ0) is 18.5. The average molecular weight is 352 g/mol. The van der Waals surface area contributed by atoms with Crippen LogP contribution in [0.25, 0.3) is 0 Å². The molecular formula is C21H28N4O. The van der Waals surface area contributed by atoms with Crippen LogP contribution in [0.1, 0.15) is 73.6 Å². The van der Waals surface area contributed by atoms with E-state index in [1.807, 2.05) is 19.1 Å². The third-order valence-corrected chi connectivity index (χ3v) is 4.86. The topological polar surface area (TPSA) is 66.9 Å². The third kappa shape index (κ3) is 4.81. The zero-order valence-corrected chi connectivity index (χ0v) is 15.9. The van der Waals surface area contributed by atoms with Crippen molar-refractivity contribution < 1.29 is 4.79 Å². The lowest BCUT2D eigenvalue weighted by Gasteiger charge is -2.22. The quantitative estimate of drug-likeness (QED) is 0.817. The SMILES string of the molecule is Cc1cc(C(=O)NC2CCCCC2)nc(Nc2ccc(C(C)C)cc2)n1. The molecule has 0 bridgehead atoms. The van der Waals surface area contributed by atoms with Gasteiger partial charge in [-0.3, -0.25) is 4.79 Å². The second-order valence-electron chi connectivity index (χ2n) is 7.43. The van der Waals surface area contributed by atoms with E-state index >= 15 is 0 Å². The Balaban J connectivity index is 1.71. The van der Waals surface area contributed by atoms with Gasteiger partial charge in [-0.1, -0.05) is 45.2 Å². The van der Waals surface area contributed by atoms with Gasteiger partial charge >= 0.3 is 0 Å². The van der Waals surface area contributed by atoms with Gasteiger partial charge in [0.2, 0.25) is 5.95 Å². The summed E-state index contributed by atoms with van der Waals surface area (Å²) in [7, 11) is 0. The number of aryl methyl sites for hydroxylation is 1. The molecule has 1 aromatic heterocycles. The second-order valence-corrected chi connectivity index (χ2v) is 7.43. The van der Waals surface area contributed by atoms with Crippen LogP contribution in [0.3, 0.4) is 0 Å². The van der Waals surface area contributed by atoms with Gasteiger partial charge in [0.25, 0.3) is 5.91 Å². The minimum atomic E-state index is -0.111. The van der Waals surface area contributed by atoms with Crippen LogP contribution in [0.5, 0.6) is 0 Å². The fourth-order valence-electron chi connectivity index (χ4n) is 3.33. The van der Waals surface area contributed by atoms with Crippen molar-refractivity contribution >= 4 is 17.5 Å². The van der Waals surface area contributed by atoms with E-state index in [-0.39, 0.29) is 11.9 Å². The summed E-state index contributed by atoms with van der Waals surface area (Å²) < 4.78 is 0. The molecule has 1 amide bonds. The molecule has 3 rings (SSSR count). The Morgan fingerprint density at radius 2 is 1.77 bits per heavy atom. The molecule has 5 nitrogen and oxygen atoms in total.